The van der Waals surface area contributed by atoms with Crippen LogP contribution in [0.1, 0.15) is 23.1 Å². The summed E-state index contributed by atoms with van der Waals surface area (Å²) in [6.07, 6.45) is 8.43. The SMILES string of the molecule is Cc1cc(N/C=C2\C(=O)Nc3cccc(C)c32)ccc1NCCCn1ccnc1. The smallest absolute Gasteiger partial charge is 0.257 e. The Morgan fingerprint density at radius 1 is 1.17 bits per heavy atom. The second-order valence-electron chi connectivity index (χ2n) is 7.26. The number of nitrogens with one attached hydrogen (secondary N) is 3. The van der Waals surface area contributed by atoms with E-state index in [1.165, 1.54) is 0 Å². The zero-order chi connectivity index (χ0) is 20.2. The molecule has 6 heteroatoms. The fourth-order valence-corrected chi connectivity index (χ4v) is 3.58. The molecule has 148 valence electrons. The molecular weight excluding hydrogens is 362 g/mol. The van der Waals surface area contributed by atoms with Gasteiger partial charge in [-0.3, -0.25) is 4.79 Å². The highest BCUT2D eigenvalue weighted by molar-refractivity contribution is 6.32. The molecule has 0 atom stereocenters. The third kappa shape index (κ3) is 4.16. The Hall–Kier alpha value is -3.54. The minimum Gasteiger partial charge on any atom is -0.385 e. The number of anilines is 3. The van der Waals surface area contributed by atoms with Crippen LogP contribution < -0.4 is 16.0 Å². The van der Waals surface area contributed by atoms with Crippen LogP contribution in [0.25, 0.3) is 5.57 Å². The summed E-state index contributed by atoms with van der Waals surface area (Å²) in [4.78, 5) is 16.4. The topological polar surface area (TPSA) is 71.0 Å². The number of carbonyl (C=O) groups excluding carboxylic acids is 1. The lowest BCUT2D eigenvalue weighted by Gasteiger charge is -2.12. The maximum atomic E-state index is 12.3. The molecule has 0 fully saturated rings. The van der Waals surface area contributed by atoms with E-state index in [1.54, 1.807) is 12.4 Å². The van der Waals surface area contributed by atoms with Crippen molar-refractivity contribution in [3.8, 4) is 0 Å². The van der Waals surface area contributed by atoms with Gasteiger partial charge in [0.1, 0.15) is 0 Å². The number of carbonyl (C=O) groups is 1. The molecule has 0 saturated heterocycles. The number of aromatic nitrogens is 2. The molecule has 2 aromatic carbocycles. The number of benzene rings is 2. The second kappa shape index (κ2) is 8.22. The molecule has 0 aliphatic carbocycles. The Kier molecular flexibility index (Phi) is 5.33. The van der Waals surface area contributed by atoms with Crippen molar-refractivity contribution in [1.82, 2.24) is 9.55 Å². The van der Waals surface area contributed by atoms with Gasteiger partial charge in [0.15, 0.2) is 0 Å². The van der Waals surface area contributed by atoms with Gasteiger partial charge in [-0.05, 0) is 55.7 Å². The van der Waals surface area contributed by atoms with Crippen molar-refractivity contribution in [3.63, 3.8) is 0 Å². The number of hydrogen-bond acceptors (Lipinski definition) is 4. The van der Waals surface area contributed by atoms with Crippen molar-refractivity contribution < 1.29 is 4.79 Å². The molecule has 0 spiro atoms. The third-order valence-electron chi connectivity index (χ3n) is 5.11. The maximum absolute atomic E-state index is 12.3. The quantitative estimate of drug-likeness (QED) is 0.415. The molecule has 3 aromatic rings. The second-order valence-corrected chi connectivity index (χ2v) is 7.26. The molecule has 1 aliphatic rings. The van der Waals surface area contributed by atoms with E-state index < -0.39 is 0 Å². The van der Waals surface area contributed by atoms with Crippen molar-refractivity contribution in [2.75, 3.05) is 22.5 Å². The molecule has 6 nitrogen and oxygen atoms in total. The first-order valence-electron chi connectivity index (χ1n) is 9.80. The van der Waals surface area contributed by atoms with Crippen molar-refractivity contribution in [2.24, 2.45) is 0 Å². The fraction of sp³-hybridized carbons (Fsp3) is 0.217. The number of imidazole rings is 1. The minimum absolute atomic E-state index is 0.0744. The number of aryl methyl sites for hydroxylation is 3. The highest BCUT2D eigenvalue weighted by Gasteiger charge is 2.25. The van der Waals surface area contributed by atoms with Crippen LogP contribution in [0, 0.1) is 13.8 Å². The highest BCUT2D eigenvalue weighted by atomic mass is 16.2. The predicted molar refractivity (Wildman–Crippen MR) is 118 cm³/mol. The fourth-order valence-electron chi connectivity index (χ4n) is 3.58. The van der Waals surface area contributed by atoms with E-state index in [2.05, 4.69) is 44.6 Å². The number of hydrogen-bond donors (Lipinski definition) is 3. The maximum Gasteiger partial charge on any atom is 0.257 e. The van der Waals surface area contributed by atoms with Gasteiger partial charge in [0, 0.05) is 54.3 Å². The Balaban J connectivity index is 1.39. The van der Waals surface area contributed by atoms with Crippen LogP contribution in [0.15, 0.2) is 61.3 Å². The molecule has 29 heavy (non-hydrogen) atoms. The van der Waals surface area contributed by atoms with Gasteiger partial charge in [0.2, 0.25) is 0 Å². The number of fused-ring (bicyclic) bond motifs is 1. The van der Waals surface area contributed by atoms with E-state index in [-0.39, 0.29) is 5.91 Å². The summed E-state index contributed by atoms with van der Waals surface area (Å²) >= 11 is 0. The van der Waals surface area contributed by atoms with E-state index in [1.807, 2.05) is 43.7 Å². The third-order valence-corrected chi connectivity index (χ3v) is 5.11. The summed E-state index contributed by atoms with van der Waals surface area (Å²) in [6.45, 7) is 5.94. The normalized spacial score (nSPS) is 14.0. The standard InChI is InChI=1S/C23H25N5O/c1-16-5-3-6-21-22(16)19(23(29)27-21)14-26-18-7-8-20(17(2)13-18)25-9-4-11-28-12-10-24-15-28/h3,5-8,10,12-15,25-26H,4,9,11H2,1-2H3,(H,27,29)/b19-14-. The van der Waals surface area contributed by atoms with Gasteiger partial charge in [-0.1, -0.05) is 12.1 Å². The Morgan fingerprint density at radius 3 is 2.86 bits per heavy atom. The van der Waals surface area contributed by atoms with Crippen LogP contribution >= 0.6 is 0 Å². The Bertz CT molecular complexity index is 1050. The van der Waals surface area contributed by atoms with Gasteiger partial charge >= 0.3 is 0 Å². The summed E-state index contributed by atoms with van der Waals surface area (Å²) < 4.78 is 2.08. The molecule has 3 N–H and O–H groups in total. The van der Waals surface area contributed by atoms with Crippen LogP contribution in [-0.2, 0) is 11.3 Å². The first-order valence-corrected chi connectivity index (χ1v) is 9.80. The molecule has 0 unspecified atom stereocenters. The van der Waals surface area contributed by atoms with Crippen molar-refractivity contribution >= 4 is 28.5 Å². The van der Waals surface area contributed by atoms with Gasteiger partial charge in [0.05, 0.1) is 11.9 Å². The van der Waals surface area contributed by atoms with Crippen LogP contribution in [0.2, 0.25) is 0 Å². The lowest BCUT2D eigenvalue weighted by atomic mass is 10.0. The van der Waals surface area contributed by atoms with E-state index in [0.717, 1.165) is 53.3 Å². The molecule has 4 rings (SSSR count). The van der Waals surface area contributed by atoms with Crippen molar-refractivity contribution in [3.05, 3.63) is 78.0 Å². The summed E-state index contributed by atoms with van der Waals surface area (Å²) in [5, 5.41) is 9.69. The molecule has 1 aliphatic heterocycles. The summed E-state index contributed by atoms with van der Waals surface area (Å²) in [5.74, 6) is -0.0744. The van der Waals surface area contributed by atoms with Gasteiger partial charge < -0.3 is 20.5 Å². The number of amides is 1. The summed E-state index contributed by atoms with van der Waals surface area (Å²) in [6, 6.07) is 12.1. The summed E-state index contributed by atoms with van der Waals surface area (Å²) in [5.41, 5.74) is 6.82. The zero-order valence-corrected chi connectivity index (χ0v) is 16.7. The molecule has 1 aromatic heterocycles. The predicted octanol–water partition coefficient (Wildman–Crippen LogP) is 4.41. The minimum atomic E-state index is -0.0744. The van der Waals surface area contributed by atoms with Crippen LogP contribution in [0.4, 0.5) is 17.1 Å². The van der Waals surface area contributed by atoms with Gasteiger partial charge in [-0.2, -0.15) is 0 Å². The van der Waals surface area contributed by atoms with Crippen LogP contribution in [0.3, 0.4) is 0 Å². The van der Waals surface area contributed by atoms with Gasteiger partial charge in [-0.25, -0.2) is 4.98 Å². The molecule has 0 bridgehead atoms. The first kappa shape index (κ1) is 18.8. The molecule has 2 heterocycles. The van der Waals surface area contributed by atoms with E-state index in [0.29, 0.717) is 5.57 Å². The van der Waals surface area contributed by atoms with E-state index in [9.17, 15) is 4.79 Å². The zero-order valence-electron chi connectivity index (χ0n) is 16.7. The lowest BCUT2D eigenvalue weighted by Crippen LogP contribution is -2.07. The van der Waals surface area contributed by atoms with Crippen LogP contribution in [-0.4, -0.2) is 22.0 Å². The lowest BCUT2D eigenvalue weighted by molar-refractivity contribution is -0.110. The molecule has 1 amide bonds. The monoisotopic (exact) mass is 387 g/mol. The van der Waals surface area contributed by atoms with Gasteiger partial charge in [0.25, 0.3) is 5.91 Å². The molecule has 0 saturated carbocycles. The Morgan fingerprint density at radius 2 is 2.07 bits per heavy atom. The largest absolute Gasteiger partial charge is 0.385 e. The molecule has 0 radical (unpaired) electrons. The van der Waals surface area contributed by atoms with E-state index in [4.69, 9.17) is 0 Å². The highest BCUT2D eigenvalue weighted by Crippen LogP contribution is 2.34. The number of nitrogens with zero attached hydrogens (tertiary/aromatic N) is 2. The average molecular weight is 387 g/mol. The summed E-state index contributed by atoms with van der Waals surface area (Å²) in [7, 11) is 0. The molecular formula is C23H25N5O. The Labute approximate surface area is 170 Å². The van der Waals surface area contributed by atoms with E-state index >= 15 is 0 Å². The average Bonchev–Trinajstić information content (AvgIpc) is 3.33. The van der Waals surface area contributed by atoms with Crippen molar-refractivity contribution in [2.45, 2.75) is 26.8 Å². The van der Waals surface area contributed by atoms with Gasteiger partial charge in [-0.15, -0.1) is 0 Å². The first-order chi connectivity index (χ1) is 14.1. The van der Waals surface area contributed by atoms with Crippen LogP contribution in [0.5, 0.6) is 0 Å². The number of rotatable bonds is 7. The van der Waals surface area contributed by atoms with Crippen molar-refractivity contribution in [1.29, 1.82) is 0 Å².